The Labute approximate surface area is 213 Å². The third-order valence-corrected chi connectivity index (χ3v) is 7.06. The maximum atomic E-state index is 13.0. The number of methoxy groups -OCH3 is 1. The number of ether oxygens (including phenoxy) is 1. The van der Waals surface area contributed by atoms with Gasteiger partial charge in [-0.05, 0) is 35.9 Å². The standard InChI is InChI=1S/C28H27N7O2/c1-37-21-8-4-5-18-13-14-30-25(22(18)21)28(36)31-15-17-9-11-19(12-10-17)24-23-26(29)32-16-33-27(23)35(34-24)20-6-2-3-7-20/h4-5,8-14,16,20H,2-3,6-7,15H2,1H3,(H,31,36)(H2,29,32,33). The van der Waals surface area contributed by atoms with E-state index < -0.39 is 0 Å². The molecule has 0 aliphatic heterocycles. The van der Waals surface area contributed by atoms with Crippen molar-refractivity contribution in [2.75, 3.05) is 12.8 Å². The number of anilines is 1. The van der Waals surface area contributed by atoms with Gasteiger partial charge in [-0.25, -0.2) is 14.6 Å². The number of benzene rings is 2. The molecule has 9 heteroatoms. The maximum Gasteiger partial charge on any atom is 0.270 e. The number of nitrogens with one attached hydrogen (secondary N) is 1. The minimum atomic E-state index is -0.259. The van der Waals surface area contributed by atoms with Crippen LogP contribution in [0.1, 0.15) is 47.8 Å². The molecular formula is C28H27N7O2. The van der Waals surface area contributed by atoms with E-state index in [9.17, 15) is 4.79 Å². The molecule has 0 unspecified atom stereocenters. The van der Waals surface area contributed by atoms with Gasteiger partial charge in [-0.3, -0.25) is 9.78 Å². The second kappa shape index (κ2) is 9.50. The van der Waals surface area contributed by atoms with Crippen molar-refractivity contribution in [2.45, 2.75) is 38.3 Å². The summed E-state index contributed by atoms with van der Waals surface area (Å²) in [5.41, 5.74) is 10.0. The third-order valence-electron chi connectivity index (χ3n) is 7.06. The molecule has 3 aromatic heterocycles. The Hall–Kier alpha value is -4.53. The van der Waals surface area contributed by atoms with Crippen LogP contribution >= 0.6 is 0 Å². The fourth-order valence-electron chi connectivity index (χ4n) is 5.19. The largest absolute Gasteiger partial charge is 0.496 e. The summed E-state index contributed by atoms with van der Waals surface area (Å²) in [5, 5.41) is 10.3. The Morgan fingerprint density at radius 1 is 1.05 bits per heavy atom. The number of nitrogens with zero attached hydrogens (tertiary/aromatic N) is 5. The van der Waals surface area contributed by atoms with Crippen LogP contribution in [0.3, 0.4) is 0 Å². The lowest BCUT2D eigenvalue weighted by Gasteiger charge is -2.11. The molecule has 1 fully saturated rings. The molecule has 0 saturated heterocycles. The highest BCUT2D eigenvalue weighted by Gasteiger charge is 2.24. The number of hydrogen-bond acceptors (Lipinski definition) is 7. The van der Waals surface area contributed by atoms with Gasteiger partial charge in [-0.15, -0.1) is 0 Å². The lowest BCUT2D eigenvalue weighted by atomic mass is 10.1. The number of carbonyl (C=O) groups is 1. The van der Waals surface area contributed by atoms with Gasteiger partial charge in [0.2, 0.25) is 0 Å². The fourth-order valence-corrected chi connectivity index (χ4v) is 5.19. The molecule has 3 N–H and O–H groups in total. The quantitative estimate of drug-likeness (QED) is 0.352. The highest BCUT2D eigenvalue weighted by atomic mass is 16.5. The Bertz CT molecular complexity index is 1600. The highest BCUT2D eigenvalue weighted by molar-refractivity contribution is 6.07. The molecule has 1 amide bonds. The summed E-state index contributed by atoms with van der Waals surface area (Å²) < 4.78 is 7.49. The summed E-state index contributed by atoms with van der Waals surface area (Å²) in [4.78, 5) is 26.1. The van der Waals surface area contributed by atoms with Crippen molar-refractivity contribution in [3.8, 4) is 17.0 Å². The summed E-state index contributed by atoms with van der Waals surface area (Å²) in [6.45, 7) is 0.356. The number of hydrogen-bond donors (Lipinski definition) is 2. The molecule has 6 rings (SSSR count). The molecule has 3 heterocycles. The average molecular weight is 494 g/mol. The minimum absolute atomic E-state index is 0.259. The van der Waals surface area contributed by atoms with E-state index in [4.69, 9.17) is 15.6 Å². The zero-order valence-corrected chi connectivity index (χ0v) is 20.5. The summed E-state index contributed by atoms with van der Waals surface area (Å²) in [6.07, 6.45) is 7.72. The van der Waals surface area contributed by atoms with Crippen molar-refractivity contribution in [1.29, 1.82) is 0 Å². The topological polar surface area (TPSA) is 121 Å². The molecule has 0 atom stereocenters. The first-order valence-corrected chi connectivity index (χ1v) is 12.4. The van der Waals surface area contributed by atoms with Gasteiger partial charge in [-0.2, -0.15) is 5.10 Å². The number of pyridine rings is 1. The van der Waals surface area contributed by atoms with Gasteiger partial charge in [0.25, 0.3) is 5.91 Å². The predicted octanol–water partition coefficient (Wildman–Crippen LogP) is 4.68. The van der Waals surface area contributed by atoms with E-state index in [0.29, 0.717) is 35.2 Å². The van der Waals surface area contributed by atoms with Crippen LogP contribution in [0.15, 0.2) is 61.1 Å². The van der Waals surface area contributed by atoms with Crippen molar-refractivity contribution in [1.82, 2.24) is 30.0 Å². The van der Waals surface area contributed by atoms with Gasteiger partial charge in [0.05, 0.1) is 23.9 Å². The summed E-state index contributed by atoms with van der Waals surface area (Å²) >= 11 is 0. The summed E-state index contributed by atoms with van der Waals surface area (Å²) in [7, 11) is 1.59. The van der Waals surface area contributed by atoms with Crippen LogP contribution in [0.2, 0.25) is 0 Å². The lowest BCUT2D eigenvalue weighted by molar-refractivity contribution is 0.0947. The SMILES string of the molecule is COc1cccc2ccnc(C(=O)NCc3ccc(-c4nn(C5CCCC5)c5ncnc(N)c45)cc3)c12. The van der Waals surface area contributed by atoms with E-state index in [1.807, 2.05) is 53.2 Å². The first-order valence-electron chi connectivity index (χ1n) is 12.4. The first kappa shape index (κ1) is 22.9. The Balaban J connectivity index is 1.25. The van der Waals surface area contributed by atoms with E-state index in [1.165, 1.54) is 19.2 Å². The summed E-state index contributed by atoms with van der Waals surface area (Å²) in [5.74, 6) is 0.789. The molecular weight excluding hydrogens is 466 g/mol. The Kier molecular flexibility index (Phi) is 5.88. The molecule has 2 aromatic carbocycles. The van der Waals surface area contributed by atoms with Crippen molar-refractivity contribution >= 4 is 33.5 Å². The van der Waals surface area contributed by atoms with E-state index >= 15 is 0 Å². The number of aromatic nitrogens is 5. The highest BCUT2D eigenvalue weighted by Crippen LogP contribution is 2.36. The molecule has 0 bridgehead atoms. The number of carbonyl (C=O) groups excluding carboxylic acids is 1. The maximum absolute atomic E-state index is 13.0. The van der Waals surface area contributed by atoms with Crippen molar-refractivity contribution in [3.05, 3.63) is 72.3 Å². The molecule has 1 saturated carbocycles. The van der Waals surface area contributed by atoms with E-state index in [-0.39, 0.29) is 5.91 Å². The Morgan fingerprint density at radius 2 is 1.86 bits per heavy atom. The second-order valence-electron chi connectivity index (χ2n) is 9.29. The molecule has 1 aliphatic rings. The Morgan fingerprint density at radius 3 is 2.65 bits per heavy atom. The van der Waals surface area contributed by atoms with Crippen LogP contribution in [0, 0.1) is 0 Å². The van der Waals surface area contributed by atoms with Gasteiger partial charge in [0.1, 0.15) is 29.3 Å². The van der Waals surface area contributed by atoms with Gasteiger partial charge >= 0.3 is 0 Å². The molecule has 186 valence electrons. The first-order chi connectivity index (χ1) is 18.1. The van der Waals surface area contributed by atoms with Gasteiger partial charge in [0, 0.05) is 18.3 Å². The molecule has 5 aromatic rings. The smallest absolute Gasteiger partial charge is 0.270 e. The molecule has 1 aliphatic carbocycles. The minimum Gasteiger partial charge on any atom is -0.496 e. The predicted molar refractivity (Wildman–Crippen MR) is 142 cm³/mol. The van der Waals surface area contributed by atoms with Crippen molar-refractivity contribution < 1.29 is 9.53 Å². The zero-order chi connectivity index (χ0) is 25.4. The molecule has 37 heavy (non-hydrogen) atoms. The number of amides is 1. The van der Waals surface area contributed by atoms with Crippen molar-refractivity contribution in [2.24, 2.45) is 0 Å². The van der Waals surface area contributed by atoms with Gasteiger partial charge in [-0.1, -0.05) is 49.2 Å². The number of rotatable bonds is 6. The molecule has 0 radical (unpaired) electrons. The van der Waals surface area contributed by atoms with Gasteiger partial charge < -0.3 is 15.8 Å². The van der Waals surface area contributed by atoms with E-state index in [1.54, 1.807) is 13.3 Å². The van der Waals surface area contributed by atoms with E-state index in [2.05, 4.69) is 20.3 Å². The van der Waals surface area contributed by atoms with Crippen LogP contribution < -0.4 is 15.8 Å². The third kappa shape index (κ3) is 4.12. The van der Waals surface area contributed by atoms with Crippen LogP contribution in [-0.2, 0) is 6.54 Å². The lowest BCUT2D eigenvalue weighted by Crippen LogP contribution is -2.24. The average Bonchev–Trinajstić information content (AvgIpc) is 3.60. The normalized spacial score (nSPS) is 13.9. The van der Waals surface area contributed by atoms with Crippen LogP contribution in [0.4, 0.5) is 5.82 Å². The van der Waals surface area contributed by atoms with Crippen LogP contribution in [-0.4, -0.2) is 37.7 Å². The zero-order valence-electron chi connectivity index (χ0n) is 20.5. The van der Waals surface area contributed by atoms with E-state index in [0.717, 1.165) is 46.1 Å². The number of nitrogens with two attached hydrogens (primary N) is 1. The number of nitrogen functional groups attached to an aromatic ring is 1. The van der Waals surface area contributed by atoms with Crippen LogP contribution in [0.5, 0.6) is 5.75 Å². The second-order valence-corrected chi connectivity index (χ2v) is 9.29. The fraction of sp³-hybridized carbons (Fsp3) is 0.250. The molecule has 0 spiro atoms. The summed E-state index contributed by atoms with van der Waals surface area (Å²) in [6, 6.07) is 15.8. The van der Waals surface area contributed by atoms with Crippen LogP contribution in [0.25, 0.3) is 33.1 Å². The van der Waals surface area contributed by atoms with Gasteiger partial charge in [0.15, 0.2) is 5.65 Å². The van der Waals surface area contributed by atoms with Crippen molar-refractivity contribution in [3.63, 3.8) is 0 Å². The number of fused-ring (bicyclic) bond motifs is 2. The molecule has 9 nitrogen and oxygen atoms in total. The monoisotopic (exact) mass is 493 g/mol.